The molecule has 0 unspecified atom stereocenters. The summed E-state index contributed by atoms with van der Waals surface area (Å²) >= 11 is 0. The Morgan fingerprint density at radius 2 is 1.86 bits per heavy atom. The van der Waals surface area contributed by atoms with Gasteiger partial charge in [0.15, 0.2) is 0 Å². The Bertz CT molecular complexity index is 1260. The van der Waals surface area contributed by atoms with Gasteiger partial charge in [-0.05, 0) is 60.7 Å². The van der Waals surface area contributed by atoms with Gasteiger partial charge >= 0.3 is 5.97 Å². The van der Waals surface area contributed by atoms with Crippen LogP contribution in [0.3, 0.4) is 0 Å². The molecular weight excluding hydrogens is 456 g/mol. The Morgan fingerprint density at radius 1 is 1.11 bits per heavy atom. The number of morpholine rings is 1. The van der Waals surface area contributed by atoms with Gasteiger partial charge in [-0.1, -0.05) is 24.3 Å². The fourth-order valence-electron chi connectivity index (χ4n) is 5.10. The Kier molecular flexibility index (Phi) is 6.89. The quantitative estimate of drug-likeness (QED) is 0.500. The fourth-order valence-corrected chi connectivity index (χ4v) is 5.10. The predicted octanol–water partition coefficient (Wildman–Crippen LogP) is 4.56. The number of nitrogens with one attached hydrogen (secondary N) is 1. The number of carboxylic acid groups (broad SMARTS) is 1. The molecule has 5 rings (SSSR count). The number of anilines is 2. The van der Waals surface area contributed by atoms with Crippen molar-refractivity contribution in [3.05, 3.63) is 70.0 Å². The van der Waals surface area contributed by atoms with Gasteiger partial charge in [0.05, 0.1) is 43.7 Å². The monoisotopic (exact) mass is 488 g/mol. The van der Waals surface area contributed by atoms with Crippen LogP contribution in [0, 0.1) is 20.8 Å². The van der Waals surface area contributed by atoms with E-state index in [0.29, 0.717) is 26.4 Å². The van der Waals surface area contributed by atoms with E-state index in [0.717, 1.165) is 58.4 Å². The van der Waals surface area contributed by atoms with E-state index in [9.17, 15) is 4.79 Å². The van der Waals surface area contributed by atoms with Gasteiger partial charge in [-0.3, -0.25) is 4.79 Å². The summed E-state index contributed by atoms with van der Waals surface area (Å²) in [5.74, 6) is -0.0734. The number of aliphatic carboxylic acids is 1. The van der Waals surface area contributed by atoms with Gasteiger partial charge in [0, 0.05) is 30.9 Å². The molecule has 0 saturated carbocycles. The number of aromatic nitrogens is 2. The van der Waals surface area contributed by atoms with Crippen LogP contribution >= 0.6 is 0 Å². The maximum atomic E-state index is 11.1. The van der Waals surface area contributed by atoms with E-state index >= 15 is 0 Å². The first-order valence-corrected chi connectivity index (χ1v) is 12.4. The lowest BCUT2D eigenvalue weighted by molar-refractivity contribution is -0.140. The molecule has 1 aromatic heterocycles. The van der Waals surface area contributed by atoms with Gasteiger partial charge in [0.25, 0.3) is 0 Å². The summed E-state index contributed by atoms with van der Waals surface area (Å²) in [4.78, 5) is 23.0. The van der Waals surface area contributed by atoms with Crippen LogP contribution < -0.4 is 10.2 Å². The minimum absolute atomic E-state index is 0.0122. The molecule has 0 radical (unpaired) electrons. The summed E-state index contributed by atoms with van der Waals surface area (Å²) in [6.45, 7) is 10.4. The van der Waals surface area contributed by atoms with Gasteiger partial charge in [-0.25, -0.2) is 9.97 Å². The molecule has 0 spiro atoms. The Labute approximate surface area is 211 Å². The maximum Gasteiger partial charge on any atom is 0.306 e. The van der Waals surface area contributed by atoms with Gasteiger partial charge in [-0.2, -0.15) is 0 Å². The zero-order valence-electron chi connectivity index (χ0n) is 21.0. The van der Waals surface area contributed by atoms with Crippen molar-refractivity contribution in [3.8, 4) is 11.1 Å². The number of hydrogen-bond acceptors (Lipinski definition) is 7. The van der Waals surface area contributed by atoms with Crippen molar-refractivity contribution >= 4 is 17.6 Å². The molecule has 1 saturated heterocycles. The summed E-state index contributed by atoms with van der Waals surface area (Å²) in [6, 6.07) is 12.4. The topological polar surface area (TPSA) is 96.8 Å². The number of carbonyl (C=O) groups is 1. The second-order valence-corrected chi connectivity index (χ2v) is 9.42. The minimum atomic E-state index is -0.850. The second-order valence-electron chi connectivity index (χ2n) is 9.42. The Balaban J connectivity index is 1.34. The first kappa shape index (κ1) is 24.2. The first-order chi connectivity index (χ1) is 17.4. The molecule has 8 heteroatoms. The van der Waals surface area contributed by atoms with Crippen molar-refractivity contribution < 1.29 is 19.4 Å². The van der Waals surface area contributed by atoms with E-state index < -0.39 is 5.97 Å². The molecular formula is C28H32N4O4. The molecule has 2 aromatic carbocycles. The number of ether oxygens (including phenoxy) is 2. The smallest absolute Gasteiger partial charge is 0.306 e. The molecule has 2 N–H and O–H groups in total. The third-order valence-electron chi connectivity index (χ3n) is 7.04. The van der Waals surface area contributed by atoms with E-state index in [1.165, 1.54) is 11.1 Å². The van der Waals surface area contributed by atoms with E-state index in [4.69, 9.17) is 24.5 Å². The molecule has 0 amide bonds. The SMILES string of the molecule is Cc1nc(N2CCOCC2)nc(C)c1-c1cccc(CNc2ccc3c(c2)CO[C@H]3CC(=O)O)c1C. The molecule has 3 aromatic rings. The summed E-state index contributed by atoms with van der Waals surface area (Å²) in [6.07, 6.45) is -0.379. The molecule has 3 heterocycles. The summed E-state index contributed by atoms with van der Waals surface area (Å²) in [5.41, 5.74) is 9.59. The van der Waals surface area contributed by atoms with Crippen LogP contribution in [0.15, 0.2) is 36.4 Å². The number of benzene rings is 2. The second kappa shape index (κ2) is 10.2. The minimum Gasteiger partial charge on any atom is -0.481 e. The Hall–Kier alpha value is -3.49. The number of fused-ring (bicyclic) bond motifs is 1. The van der Waals surface area contributed by atoms with Crippen molar-refractivity contribution in [1.29, 1.82) is 0 Å². The standard InChI is InChI=1S/C28H32N4O4/c1-17-20(15-29-22-7-8-24-21(13-22)16-36-25(24)14-26(33)34)5-4-6-23(17)27-18(2)30-28(31-19(27)3)32-9-11-35-12-10-32/h4-8,13,25,29H,9-12,14-16H2,1-3H3,(H,33,34)/t25-/m0/s1. The van der Waals surface area contributed by atoms with Gasteiger partial charge < -0.3 is 24.8 Å². The predicted molar refractivity (Wildman–Crippen MR) is 138 cm³/mol. The molecule has 188 valence electrons. The number of carboxylic acids is 1. The zero-order valence-corrected chi connectivity index (χ0v) is 21.0. The molecule has 2 aliphatic rings. The van der Waals surface area contributed by atoms with Gasteiger partial charge in [0.2, 0.25) is 5.95 Å². The maximum absolute atomic E-state index is 11.1. The van der Waals surface area contributed by atoms with Crippen LogP contribution in [0.5, 0.6) is 0 Å². The largest absolute Gasteiger partial charge is 0.481 e. The van der Waals surface area contributed by atoms with Crippen LogP contribution in [0.1, 0.15) is 46.2 Å². The zero-order chi connectivity index (χ0) is 25.2. The normalized spacial score (nSPS) is 17.2. The molecule has 0 bridgehead atoms. The van der Waals surface area contributed by atoms with Crippen molar-refractivity contribution in [2.45, 2.75) is 46.4 Å². The lowest BCUT2D eigenvalue weighted by atomic mass is 9.94. The highest BCUT2D eigenvalue weighted by molar-refractivity contribution is 5.73. The summed E-state index contributed by atoms with van der Waals surface area (Å²) in [7, 11) is 0. The molecule has 2 aliphatic heterocycles. The third-order valence-corrected chi connectivity index (χ3v) is 7.04. The van der Waals surface area contributed by atoms with Crippen LogP contribution in [0.2, 0.25) is 0 Å². The molecule has 0 aliphatic carbocycles. The van der Waals surface area contributed by atoms with Crippen molar-refractivity contribution in [2.24, 2.45) is 0 Å². The van der Waals surface area contributed by atoms with Gasteiger partial charge in [0.1, 0.15) is 0 Å². The highest BCUT2D eigenvalue weighted by Crippen LogP contribution is 2.35. The van der Waals surface area contributed by atoms with Crippen LogP contribution in [0.4, 0.5) is 11.6 Å². The van der Waals surface area contributed by atoms with Crippen molar-refractivity contribution in [3.63, 3.8) is 0 Å². The average Bonchev–Trinajstić information content (AvgIpc) is 3.25. The highest BCUT2D eigenvalue weighted by Gasteiger charge is 2.25. The lowest BCUT2D eigenvalue weighted by Crippen LogP contribution is -2.37. The number of hydrogen-bond donors (Lipinski definition) is 2. The number of nitrogens with zero attached hydrogens (tertiary/aromatic N) is 3. The highest BCUT2D eigenvalue weighted by atomic mass is 16.5. The van der Waals surface area contributed by atoms with E-state index in [1.54, 1.807) is 0 Å². The molecule has 36 heavy (non-hydrogen) atoms. The van der Waals surface area contributed by atoms with E-state index in [1.807, 2.05) is 12.1 Å². The van der Waals surface area contributed by atoms with Crippen LogP contribution in [-0.4, -0.2) is 47.3 Å². The lowest BCUT2D eigenvalue weighted by Gasteiger charge is -2.27. The van der Waals surface area contributed by atoms with Gasteiger partial charge in [-0.15, -0.1) is 0 Å². The Morgan fingerprint density at radius 3 is 2.58 bits per heavy atom. The fraction of sp³-hybridized carbons (Fsp3) is 0.393. The van der Waals surface area contributed by atoms with E-state index in [-0.39, 0.29) is 12.5 Å². The van der Waals surface area contributed by atoms with Crippen molar-refractivity contribution in [1.82, 2.24) is 9.97 Å². The van der Waals surface area contributed by atoms with Crippen LogP contribution in [-0.2, 0) is 27.4 Å². The number of aryl methyl sites for hydroxylation is 2. The average molecular weight is 489 g/mol. The molecule has 1 fully saturated rings. The number of rotatable bonds is 7. The van der Waals surface area contributed by atoms with Crippen molar-refractivity contribution in [2.75, 3.05) is 36.5 Å². The van der Waals surface area contributed by atoms with Crippen LogP contribution in [0.25, 0.3) is 11.1 Å². The van der Waals surface area contributed by atoms with E-state index in [2.05, 4.69) is 55.3 Å². The molecule has 1 atom stereocenters. The first-order valence-electron chi connectivity index (χ1n) is 12.4. The molecule has 8 nitrogen and oxygen atoms in total. The third kappa shape index (κ3) is 4.92. The summed E-state index contributed by atoms with van der Waals surface area (Å²) in [5, 5.41) is 12.6. The summed E-state index contributed by atoms with van der Waals surface area (Å²) < 4.78 is 11.1.